The third kappa shape index (κ3) is 2.98. The van der Waals surface area contributed by atoms with Gasteiger partial charge in [-0.2, -0.15) is 5.26 Å². The van der Waals surface area contributed by atoms with Crippen LogP contribution in [-0.2, 0) is 9.59 Å². The molecule has 2 amide bonds. The first-order chi connectivity index (χ1) is 12.6. The summed E-state index contributed by atoms with van der Waals surface area (Å²) in [5.41, 5.74) is 1.86. The summed E-state index contributed by atoms with van der Waals surface area (Å²) in [7, 11) is 1.53. The number of imide groups is 1. The van der Waals surface area contributed by atoms with E-state index in [-0.39, 0.29) is 11.8 Å². The Morgan fingerprint density at radius 3 is 2.38 bits per heavy atom. The third-order valence-corrected chi connectivity index (χ3v) is 4.92. The van der Waals surface area contributed by atoms with Gasteiger partial charge in [-0.15, -0.1) is 11.8 Å². The molecule has 0 N–H and O–H groups in total. The van der Waals surface area contributed by atoms with Gasteiger partial charge in [0.2, 0.25) is 0 Å². The van der Waals surface area contributed by atoms with Gasteiger partial charge in [0.15, 0.2) is 0 Å². The van der Waals surface area contributed by atoms with E-state index in [1.54, 1.807) is 42.5 Å². The summed E-state index contributed by atoms with van der Waals surface area (Å²) in [6.45, 7) is 1.93. The van der Waals surface area contributed by atoms with Crippen LogP contribution in [0.2, 0.25) is 0 Å². The molecule has 0 aromatic heterocycles. The second-order valence-electron chi connectivity index (χ2n) is 5.44. The normalized spacial score (nSPS) is 14.0. The fourth-order valence-corrected chi connectivity index (χ4v) is 3.64. The summed E-state index contributed by atoms with van der Waals surface area (Å²) in [5, 5.41) is 8.94. The molecule has 2 aromatic rings. The summed E-state index contributed by atoms with van der Waals surface area (Å²) in [6.07, 6.45) is 0. The molecule has 3 rings (SSSR count). The number of nitrogens with zero attached hydrogens (tertiary/aromatic N) is 2. The lowest BCUT2D eigenvalue weighted by molar-refractivity contribution is -0.119. The number of amides is 2. The van der Waals surface area contributed by atoms with E-state index >= 15 is 0 Å². The van der Waals surface area contributed by atoms with Crippen LogP contribution in [0.25, 0.3) is 5.57 Å². The van der Waals surface area contributed by atoms with Gasteiger partial charge in [-0.05, 0) is 36.1 Å². The molecule has 1 aliphatic rings. The topological polar surface area (TPSA) is 70.4 Å². The summed E-state index contributed by atoms with van der Waals surface area (Å²) in [6, 6.07) is 15.6. The van der Waals surface area contributed by atoms with Gasteiger partial charge in [0.1, 0.15) is 5.75 Å². The molecular weight excluding hydrogens is 348 g/mol. The van der Waals surface area contributed by atoms with Gasteiger partial charge in [0.05, 0.1) is 34.9 Å². The maximum absolute atomic E-state index is 13.1. The van der Waals surface area contributed by atoms with Crippen molar-refractivity contribution >= 4 is 34.8 Å². The number of nitriles is 1. The Morgan fingerprint density at radius 1 is 1.08 bits per heavy atom. The summed E-state index contributed by atoms with van der Waals surface area (Å²) in [5.74, 6) is 0.459. The Balaban J connectivity index is 2.11. The van der Waals surface area contributed by atoms with E-state index in [0.717, 1.165) is 4.90 Å². The van der Waals surface area contributed by atoms with E-state index in [1.807, 2.05) is 19.1 Å². The number of carbonyl (C=O) groups is 2. The van der Waals surface area contributed by atoms with Crippen molar-refractivity contribution in [2.24, 2.45) is 0 Å². The first-order valence-electron chi connectivity index (χ1n) is 8.01. The van der Waals surface area contributed by atoms with Crippen molar-refractivity contribution in [2.45, 2.75) is 6.92 Å². The van der Waals surface area contributed by atoms with Crippen molar-refractivity contribution in [3.8, 4) is 11.8 Å². The Kier molecular flexibility index (Phi) is 5.10. The lowest BCUT2D eigenvalue weighted by Gasteiger charge is -2.15. The van der Waals surface area contributed by atoms with Crippen molar-refractivity contribution < 1.29 is 14.3 Å². The van der Waals surface area contributed by atoms with Gasteiger partial charge in [0, 0.05) is 5.56 Å². The van der Waals surface area contributed by atoms with E-state index in [1.165, 1.54) is 18.9 Å². The van der Waals surface area contributed by atoms with Gasteiger partial charge in [-0.3, -0.25) is 9.59 Å². The van der Waals surface area contributed by atoms with Gasteiger partial charge < -0.3 is 4.74 Å². The molecule has 0 bridgehead atoms. The van der Waals surface area contributed by atoms with Gasteiger partial charge in [-0.25, -0.2) is 4.90 Å². The highest BCUT2D eigenvalue weighted by Gasteiger charge is 2.40. The Morgan fingerprint density at radius 2 is 1.77 bits per heavy atom. The number of hydrogen-bond donors (Lipinski definition) is 0. The first-order valence-corrected chi connectivity index (χ1v) is 9.00. The molecule has 0 saturated carbocycles. The molecule has 0 aliphatic carbocycles. The number of anilines is 1. The van der Waals surface area contributed by atoms with E-state index in [2.05, 4.69) is 0 Å². The van der Waals surface area contributed by atoms with Crippen molar-refractivity contribution in [3.63, 3.8) is 0 Å². The fraction of sp³-hybridized carbons (Fsp3) is 0.150. The zero-order valence-corrected chi connectivity index (χ0v) is 15.2. The maximum atomic E-state index is 13.1. The van der Waals surface area contributed by atoms with Crippen LogP contribution in [0, 0.1) is 11.3 Å². The van der Waals surface area contributed by atoms with Crippen LogP contribution >= 0.6 is 11.8 Å². The molecule has 0 fully saturated rings. The molecule has 0 radical (unpaired) electrons. The zero-order valence-electron chi connectivity index (χ0n) is 14.4. The smallest absolute Gasteiger partial charge is 0.272 e. The highest BCUT2D eigenvalue weighted by Crippen LogP contribution is 2.40. The van der Waals surface area contributed by atoms with Gasteiger partial charge in [0.25, 0.3) is 11.8 Å². The molecule has 0 saturated heterocycles. The molecule has 5 nitrogen and oxygen atoms in total. The first kappa shape index (κ1) is 17.8. The number of ether oxygens (including phenoxy) is 1. The molecular formula is C20H16N2O3S. The predicted molar refractivity (Wildman–Crippen MR) is 102 cm³/mol. The minimum absolute atomic E-state index is 0.351. The number of hydrogen-bond acceptors (Lipinski definition) is 5. The number of thioether (sulfide) groups is 1. The Labute approximate surface area is 155 Å². The second-order valence-corrected chi connectivity index (χ2v) is 6.72. The van der Waals surface area contributed by atoms with E-state index in [0.29, 0.717) is 38.8 Å². The molecule has 0 unspecified atom stereocenters. The number of rotatable bonds is 5. The molecule has 0 spiro atoms. The minimum atomic E-state index is -0.389. The Bertz CT molecular complexity index is 942. The lowest BCUT2D eigenvalue weighted by Crippen LogP contribution is -2.31. The average molecular weight is 364 g/mol. The molecule has 6 heteroatoms. The van der Waals surface area contributed by atoms with Gasteiger partial charge >= 0.3 is 0 Å². The van der Waals surface area contributed by atoms with E-state index in [9.17, 15) is 9.59 Å². The standard InChI is InChI=1S/C20H16N2O3S/c1-3-26-18-17(15-6-4-5-7-16(15)25-2)19(23)22(20(18)24)14-10-8-13(12-21)9-11-14/h4-11H,3H2,1-2H3. The molecule has 2 aromatic carbocycles. The quantitative estimate of drug-likeness (QED) is 0.758. The van der Waals surface area contributed by atoms with Crippen LogP contribution in [0.3, 0.4) is 0 Å². The monoisotopic (exact) mass is 364 g/mol. The van der Waals surface area contributed by atoms with Gasteiger partial charge in [-0.1, -0.05) is 25.1 Å². The van der Waals surface area contributed by atoms with Crippen LogP contribution in [-0.4, -0.2) is 24.7 Å². The van der Waals surface area contributed by atoms with E-state index in [4.69, 9.17) is 10.00 Å². The highest BCUT2D eigenvalue weighted by atomic mass is 32.2. The molecule has 1 heterocycles. The maximum Gasteiger partial charge on any atom is 0.272 e. The number of para-hydroxylation sites is 1. The Hall–Kier alpha value is -3.04. The van der Waals surface area contributed by atoms with Crippen molar-refractivity contribution in [3.05, 3.63) is 64.6 Å². The van der Waals surface area contributed by atoms with Crippen LogP contribution in [0.15, 0.2) is 53.4 Å². The zero-order chi connectivity index (χ0) is 18.7. The highest BCUT2D eigenvalue weighted by molar-refractivity contribution is 8.04. The fourth-order valence-electron chi connectivity index (χ4n) is 2.80. The largest absolute Gasteiger partial charge is 0.496 e. The van der Waals surface area contributed by atoms with Crippen LogP contribution in [0.1, 0.15) is 18.1 Å². The number of carbonyl (C=O) groups excluding carboxylic acids is 2. The molecule has 1 aliphatic heterocycles. The number of benzene rings is 2. The van der Waals surface area contributed by atoms with Crippen molar-refractivity contribution in [1.29, 1.82) is 5.26 Å². The number of methoxy groups -OCH3 is 1. The minimum Gasteiger partial charge on any atom is -0.496 e. The van der Waals surface area contributed by atoms with Crippen LogP contribution in [0.5, 0.6) is 5.75 Å². The van der Waals surface area contributed by atoms with E-state index < -0.39 is 0 Å². The average Bonchev–Trinajstić information content (AvgIpc) is 2.92. The van der Waals surface area contributed by atoms with Crippen LogP contribution in [0.4, 0.5) is 5.69 Å². The van der Waals surface area contributed by atoms with Crippen LogP contribution < -0.4 is 9.64 Å². The van der Waals surface area contributed by atoms with Crippen molar-refractivity contribution in [2.75, 3.05) is 17.8 Å². The SMILES string of the molecule is CCSC1=C(c2ccccc2OC)C(=O)N(c2ccc(C#N)cc2)C1=O. The van der Waals surface area contributed by atoms with Crippen molar-refractivity contribution in [1.82, 2.24) is 0 Å². The summed E-state index contributed by atoms with van der Waals surface area (Å²) < 4.78 is 5.38. The second kappa shape index (κ2) is 7.46. The molecule has 26 heavy (non-hydrogen) atoms. The predicted octanol–water partition coefficient (Wildman–Crippen LogP) is 3.60. The third-order valence-electron chi connectivity index (χ3n) is 3.96. The summed E-state index contributed by atoms with van der Waals surface area (Å²) >= 11 is 1.34. The summed E-state index contributed by atoms with van der Waals surface area (Å²) in [4.78, 5) is 27.7. The lowest BCUT2D eigenvalue weighted by atomic mass is 10.0. The molecule has 130 valence electrons. The molecule has 0 atom stereocenters.